The van der Waals surface area contributed by atoms with Gasteiger partial charge in [-0.3, -0.25) is 0 Å². The third-order valence-corrected chi connectivity index (χ3v) is 3.22. The number of hydrogen-bond donors (Lipinski definition) is 1. The van der Waals surface area contributed by atoms with Crippen molar-refractivity contribution in [1.82, 2.24) is 19.9 Å². The zero-order valence-electron chi connectivity index (χ0n) is 9.93. The fourth-order valence-electron chi connectivity index (χ4n) is 1.31. The molecule has 2 aromatic rings. The molecule has 0 radical (unpaired) electrons. The summed E-state index contributed by atoms with van der Waals surface area (Å²) in [6.45, 7) is 3.94. The summed E-state index contributed by atoms with van der Waals surface area (Å²) in [6, 6.07) is 0. The van der Waals surface area contributed by atoms with Crippen molar-refractivity contribution in [1.29, 1.82) is 0 Å². The van der Waals surface area contributed by atoms with Crippen LogP contribution in [0.4, 0.5) is 5.82 Å². The van der Waals surface area contributed by atoms with Crippen LogP contribution in [0.25, 0.3) is 0 Å². The minimum atomic E-state index is 0.694. The summed E-state index contributed by atoms with van der Waals surface area (Å²) in [7, 11) is 1.84. The molecule has 17 heavy (non-hydrogen) atoms. The molecule has 6 heteroatoms. The largest absolute Gasteiger partial charge is 0.373 e. The van der Waals surface area contributed by atoms with E-state index in [1.54, 1.807) is 12.4 Å². The van der Waals surface area contributed by atoms with E-state index in [4.69, 9.17) is 0 Å². The molecule has 0 aliphatic rings. The van der Waals surface area contributed by atoms with Crippen LogP contribution in [0.15, 0.2) is 28.9 Å². The predicted octanol–water partition coefficient (Wildman–Crippen LogP) is 2.08. The zero-order chi connectivity index (χ0) is 12.3. The minimum absolute atomic E-state index is 0.694. The highest BCUT2D eigenvalue weighted by Gasteiger charge is 2.08. The Kier molecular flexibility index (Phi) is 3.53. The fraction of sp³-hybridized carbons (Fsp3) is 0.273. The predicted molar refractivity (Wildman–Crippen MR) is 67.2 cm³/mol. The Morgan fingerprint density at radius 1 is 1.06 bits per heavy atom. The molecule has 2 rings (SSSR count). The average Bonchev–Trinajstić information content (AvgIpc) is 2.35. The molecule has 0 aliphatic heterocycles. The lowest BCUT2D eigenvalue weighted by molar-refractivity contribution is 0.935. The zero-order valence-corrected chi connectivity index (χ0v) is 10.7. The second-order valence-electron chi connectivity index (χ2n) is 3.55. The molecule has 0 atom stereocenters. The SMILES string of the molecule is CNc1ncnc(Sc2ncc(C)cn2)c1C. The summed E-state index contributed by atoms with van der Waals surface area (Å²) >= 11 is 1.44. The van der Waals surface area contributed by atoms with Crippen molar-refractivity contribution in [2.24, 2.45) is 0 Å². The summed E-state index contributed by atoms with van der Waals surface area (Å²) < 4.78 is 0. The first-order chi connectivity index (χ1) is 8.20. The molecule has 5 nitrogen and oxygen atoms in total. The van der Waals surface area contributed by atoms with Crippen LogP contribution in [-0.4, -0.2) is 27.0 Å². The van der Waals surface area contributed by atoms with Crippen LogP contribution in [-0.2, 0) is 0 Å². The topological polar surface area (TPSA) is 63.6 Å². The van der Waals surface area contributed by atoms with Crippen molar-refractivity contribution < 1.29 is 0 Å². The van der Waals surface area contributed by atoms with Crippen molar-refractivity contribution in [2.75, 3.05) is 12.4 Å². The second-order valence-corrected chi connectivity index (χ2v) is 4.50. The summed E-state index contributed by atoms with van der Waals surface area (Å²) in [6.07, 6.45) is 5.13. The molecule has 0 aliphatic carbocycles. The number of nitrogens with one attached hydrogen (secondary N) is 1. The maximum absolute atomic E-state index is 4.24. The van der Waals surface area contributed by atoms with Crippen LogP contribution in [0.2, 0.25) is 0 Å². The lowest BCUT2D eigenvalue weighted by Crippen LogP contribution is -1.99. The summed E-state index contributed by atoms with van der Waals surface area (Å²) in [5.74, 6) is 0.828. The van der Waals surface area contributed by atoms with Crippen molar-refractivity contribution in [3.8, 4) is 0 Å². The van der Waals surface area contributed by atoms with Gasteiger partial charge in [-0.15, -0.1) is 0 Å². The quantitative estimate of drug-likeness (QED) is 0.661. The van der Waals surface area contributed by atoms with Gasteiger partial charge in [0.15, 0.2) is 5.16 Å². The fourth-order valence-corrected chi connectivity index (χ4v) is 2.04. The number of rotatable bonds is 3. The molecule has 0 amide bonds. The number of aromatic nitrogens is 4. The molecular weight excluding hydrogens is 234 g/mol. The van der Waals surface area contributed by atoms with E-state index in [1.807, 2.05) is 20.9 Å². The van der Waals surface area contributed by atoms with Gasteiger partial charge in [0.25, 0.3) is 0 Å². The Bertz CT molecular complexity index is 512. The average molecular weight is 247 g/mol. The van der Waals surface area contributed by atoms with Gasteiger partial charge in [-0.2, -0.15) is 0 Å². The maximum atomic E-state index is 4.24. The molecule has 0 fully saturated rings. The van der Waals surface area contributed by atoms with Crippen LogP contribution in [0, 0.1) is 13.8 Å². The van der Waals surface area contributed by atoms with Crippen molar-refractivity contribution in [2.45, 2.75) is 24.0 Å². The smallest absolute Gasteiger partial charge is 0.193 e. The number of anilines is 1. The third kappa shape index (κ3) is 2.71. The summed E-state index contributed by atoms with van der Waals surface area (Å²) in [5, 5.41) is 4.59. The Morgan fingerprint density at radius 3 is 2.41 bits per heavy atom. The number of aryl methyl sites for hydroxylation is 1. The normalized spacial score (nSPS) is 10.3. The minimum Gasteiger partial charge on any atom is -0.373 e. The second kappa shape index (κ2) is 5.09. The van der Waals surface area contributed by atoms with Crippen LogP contribution in [0.1, 0.15) is 11.1 Å². The molecule has 0 unspecified atom stereocenters. The van der Waals surface area contributed by atoms with Gasteiger partial charge in [-0.05, 0) is 31.2 Å². The van der Waals surface area contributed by atoms with E-state index in [0.717, 1.165) is 22.0 Å². The summed E-state index contributed by atoms with van der Waals surface area (Å²) in [4.78, 5) is 16.9. The van der Waals surface area contributed by atoms with Gasteiger partial charge in [-0.25, -0.2) is 19.9 Å². The Hall–Kier alpha value is -1.69. The van der Waals surface area contributed by atoms with E-state index in [1.165, 1.54) is 18.1 Å². The first-order valence-corrected chi connectivity index (χ1v) is 5.98. The van der Waals surface area contributed by atoms with Crippen molar-refractivity contribution >= 4 is 17.6 Å². The van der Waals surface area contributed by atoms with E-state index in [-0.39, 0.29) is 0 Å². The van der Waals surface area contributed by atoms with Gasteiger partial charge in [0.1, 0.15) is 17.2 Å². The van der Waals surface area contributed by atoms with Crippen molar-refractivity contribution in [3.63, 3.8) is 0 Å². The van der Waals surface area contributed by atoms with Crippen LogP contribution >= 0.6 is 11.8 Å². The van der Waals surface area contributed by atoms with Gasteiger partial charge < -0.3 is 5.32 Å². The first kappa shape index (κ1) is 11.8. The Balaban J connectivity index is 2.27. The Labute approximate surface area is 104 Å². The molecule has 0 spiro atoms. The molecular formula is C11H13N5S. The first-order valence-electron chi connectivity index (χ1n) is 5.16. The van der Waals surface area contributed by atoms with Gasteiger partial charge in [0.2, 0.25) is 0 Å². The highest BCUT2D eigenvalue weighted by molar-refractivity contribution is 7.99. The molecule has 0 saturated heterocycles. The third-order valence-electron chi connectivity index (χ3n) is 2.22. The van der Waals surface area contributed by atoms with Crippen LogP contribution < -0.4 is 5.32 Å². The van der Waals surface area contributed by atoms with Gasteiger partial charge >= 0.3 is 0 Å². The molecule has 2 heterocycles. The molecule has 0 aromatic carbocycles. The summed E-state index contributed by atoms with van der Waals surface area (Å²) in [5.41, 5.74) is 2.05. The van der Waals surface area contributed by atoms with Gasteiger partial charge in [-0.1, -0.05) is 0 Å². The van der Waals surface area contributed by atoms with Gasteiger partial charge in [0.05, 0.1) is 0 Å². The molecule has 88 valence electrons. The Morgan fingerprint density at radius 2 is 1.76 bits per heavy atom. The van der Waals surface area contributed by atoms with Crippen LogP contribution in [0.5, 0.6) is 0 Å². The molecule has 0 bridgehead atoms. The van der Waals surface area contributed by atoms with Crippen LogP contribution in [0.3, 0.4) is 0 Å². The highest BCUT2D eigenvalue weighted by Crippen LogP contribution is 2.27. The van der Waals surface area contributed by atoms with Gasteiger partial charge in [0, 0.05) is 25.0 Å². The monoisotopic (exact) mass is 247 g/mol. The lowest BCUT2D eigenvalue weighted by atomic mass is 10.3. The molecule has 0 saturated carbocycles. The van der Waals surface area contributed by atoms with E-state index in [2.05, 4.69) is 25.3 Å². The molecule has 2 aromatic heterocycles. The number of nitrogens with zero attached hydrogens (tertiary/aromatic N) is 4. The highest BCUT2D eigenvalue weighted by atomic mass is 32.2. The van der Waals surface area contributed by atoms with E-state index in [0.29, 0.717) is 5.16 Å². The maximum Gasteiger partial charge on any atom is 0.193 e. The lowest BCUT2D eigenvalue weighted by Gasteiger charge is -2.07. The molecule has 1 N–H and O–H groups in total. The van der Waals surface area contributed by atoms with E-state index >= 15 is 0 Å². The van der Waals surface area contributed by atoms with Crippen molar-refractivity contribution in [3.05, 3.63) is 29.8 Å². The van der Waals surface area contributed by atoms with E-state index < -0.39 is 0 Å². The number of hydrogen-bond acceptors (Lipinski definition) is 6. The standard InChI is InChI=1S/C11H13N5S/c1-7-4-13-11(14-5-7)17-10-8(2)9(12-3)15-6-16-10/h4-6H,1-3H3,(H,12,15,16). The van der Waals surface area contributed by atoms with E-state index in [9.17, 15) is 0 Å².